The summed E-state index contributed by atoms with van der Waals surface area (Å²) in [6.45, 7) is 7.26. The van der Waals surface area contributed by atoms with Crippen LogP contribution in [0.4, 0.5) is 0 Å². The van der Waals surface area contributed by atoms with Crippen molar-refractivity contribution in [1.82, 2.24) is 5.32 Å². The molecule has 0 spiro atoms. The monoisotopic (exact) mass is 185 g/mol. The Morgan fingerprint density at radius 3 is 2.38 bits per heavy atom. The maximum atomic E-state index is 9.12. The first kappa shape index (κ1) is 11.0. The molecule has 0 unspecified atom stereocenters. The Hall–Kier alpha value is -0.0800. The largest absolute Gasteiger partial charge is 0.392 e. The van der Waals surface area contributed by atoms with Crippen LogP contribution in [0.1, 0.15) is 46.5 Å². The zero-order valence-corrected chi connectivity index (χ0v) is 9.14. The first-order chi connectivity index (χ1) is 5.99. The molecule has 0 aromatic rings. The van der Waals surface area contributed by atoms with Gasteiger partial charge in [0.25, 0.3) is 0 Å². The molecule has 13 heavy (non-hydrogen) atoms. The van der Waals surface area contributed by atoms with Gasteiger partial charge in [0.05, 0.1) is 6.10 Å². The normalized spacial score (nSPS) is 25.8. The zero-order chi connectivity index (χ0) is 9.90. The van der Waals surface area contributed by atoms with Gasteiger partial charge in [-0.3, -0.25) is 0 Å². The summed E-state index contributed by atoms with van der Waals surface area (Å²) >= 11 is 0. The van der Waals surface area contributed by atoms with Crippen molar-refractivity contribution in [3.8, 4) is 0 Å². The van der Waals surface area contributed by atoms with Gasteiger partial charge in [-0.25, -0.2) is 0 Å². The second-order valence-electron chi connectivity index (χ2n) is 5.20. The van der Waals surface area contributed by atoms with Crippen LogP contribution in [-0.2, 0) is 0 Å². The molecule has 0 amide bonds. The number of hydrogen-bond donors (Lipinski definition) is 2. The molecule has 0 radical (unpaired) electrons. The van der Waals surface area contributed by atoms with Gasteiger partial charge in [-0.2, -0.15) is 0 Å². The highest BCUT2D eigenvalue weighted by Gasteiger charge is 2.26. The molecule has 0 aromatic heterocycles. The summed E-state index contributed by atoms with van der Waals surface area (Å²) in [4.78, 5) is 0. The van der Waals surface area contributed by atoms with E-state index in [2.05, 4.69) is 19.2 Å². The first-order valence-corrected chi connectivity index (χ1v) is 5.41. The zero-order valence-electron chi connectivity index (χ0n) is 9.14. The van der Waals surface area contributed by atoms with Crippen LogP contribution in [0.25, 0.3) is 0 Å². The molecule has 1 aliphatic carbocycles. The van der Waals surface area contributed by atoms with Crippen LogP contribution < -0.4 is 5.32 Å². The Kier molecular flexibility index (Phi) is 3.74. The molecule has 1 fully saturated rings. The lowest BCUT2D eigenvalue weighted by atomic mass is 9.75. The molecular formula is C11H23NO. The van der Waals surface area contributed by atoms with E-state index in [0.29, 0.717) is 11.5 Å². The van der Waals surface area contributed by atoms with Gasteiger partial charge in [-0.1, -0.05) is 13.8 Å². The summed E-state index contributed by atoms with van der Waals surface area (Å²) in [5.41, 5.74) is 0.545. The quantitative estimate of drug-likeness (QED) is 0.704. The Labute approximate surface area is 81.7 Å². The molecule has 0 aliphatic heterocycles. The lowest BCUT2D eigenvalue weighted by Gasteiger charge is -2.34. The Balaban J connectivity index is 2.18. The molecule has 0 saturated heterocycles. The highest BCUT2D eigenvalue weighted by molar-refractivity contribution is 4.82. The minimum atomic E-state index is -0.213. The van der Waals surface area contributed by atoms with Gasteiger partial charge in [0.15, 0.2) is 0 Å². The van der Waals surface area contributed by atoms with Gasteiger partial charge >= 0.3 is 0 Å². The van der Waals surface area contributed by atoms with Crippen molar-refractivity contribution in [2.24, 2.45) is 5.41 Å². The molecule has 1 saturated carbocycles. The van der Waals surface area contributed by atoms with Crippen LogP contribution in [0.5, 0.6) is 0 Å². The molecule has 2 N–H and O–H groups in total. The summed E-state index contributed by atoms with van der Waals surface area (Å²) in [5, 5.41) is 12.5. The van der Waals surface area contributed by atoms with Crippen molar-refractivity contribution < 1.29 is 5.11 Å². The van der Waals surface area contributed by atoms with E-state index in [0.717, 1.165) is 6.54 Å². The van der Waals surface area contributed by atoms with Crippen molar-refractivity contribution >= 4 is 0 Å². The van der Waals surface area contributed by atoms with Gasteiger partial charge in [0.2, 0.25) is 0 Å². The average molecular weight is 185 g/mol. The first-order valence-electron chi connectivity index (χ1n) is 5.41. The van der Waals surface area contributed by atoms with Crippen LogP contribution in [0.3, 0.4) is 0 Å². The lowest BCUT2D eigenvalue weighted by Crippen LogP contribution is -2.38. The van der Waals surface area contributed by atoms with Crippen LogP contribution in [0.15, 0.2) is 0 Å². The standard InChI is InChI=1S/C11H23NO/c1-9(13)8-12-10-4-6-11(2,3)7-5-10/h9-10,12-13H,4-8H2,1-3H3/t9-/m1/s1. The van der Waals surface area contributed by atoms with Gasteiger partial charge in [0, 0.05) is 12.6 Å². The van der Waals surface area contributed by atoms with Crippen molar-refractivity contribution in [1.29, 1.82) is 0 Å². The molecule has 2 nitrogen and oxygen atoms in total. The minimum Gasteiger partial charge on any atom is -0.392 e. The SMILES string of the molecule is C[C@@H](O)CNC1CCC(C)(C)CC1. The molecule has 0 bridgehead atoms. The maximum Gasteiger partial charge on any atom is 0.0636 e. The third-order valence-corrected chi connectivity index (χ3v) is 3.04. The van der Waals surface area contributed by atoms with Gasteiger partial charge in [-0.15, -0.1) is 0 Å². The third kappa shape index (κ3) is 4.10. The number of hydrogen-bond acceptors (Lipinski definition) is 2. The summed E-state index contributed by atoms with van der Waals surface area (Å²) in [6.07, 6.45) is 4.93. The topological polar surface area (TPSA) is 32.3 Å². The smallest absolute Gasteiger partial charge is 0.0636 e. The molecule has 1 aliphatic rings. The third-order valence-electron chi connectivity index (χ3n) is 3.04. The Morgan fingerprint density at radius 1 is 1.38 bits per heavy atom. The second kappa shape index (κ2) is 4.43. The Bertz CT molecular complexity index is 141. The van der Waals surface area contributed by atoms with Crippen LogP contribution in [0, 0.1) is 5.41 Å². The van der Waals surface area contributed by atoms with Crippen LogP contribution in [0.2, 0.25) is 0 Å². The lowest BCUT2D eigenvalue weighted by molar-refractivity contribution is 0.163. The van der Waals surface area contributed by atoms with Crippen LogP contribution >= 0.6 is 0 Å². The van der Waals surface area contributed by atoms with Gasteiger partial charge < -0.3 is 10.4 Å². The molecule has 0 heterocycles. The molecular weight excluding hydrogens is 162 g/mol. The van der Waals surface area contributed by atoms with E-state index in [4.69, 9.17) is 5.11 Å². The summed E-state index contributed by atoms with van der Waals surface area (Å²) < 4.78 is 0. The molecule has 1 rings (SSSR count). The number of aliphatic hydroxyl groups is 1. The summed E-state index contributed by atoms with van der Waals surface area (Å²) in [5.74, 6) is 0. The fourth-order valence-corrected chi connectivity index (χ4v) is 1.94. The molecule has 0 aromatic carbocycles. The number of nitrogens with one attached hydrogen (secondary N) is 1. The average Bonchev–Trinajstić information content (AvgIpc) is 2.02. The molecule has 2 heteroatoms. The van der Waals surface area contributed by atoms with Crippen LogP contribution in [-0.4, -0.2) is 23.8 Å². The van der Waals surface area contributed by atoms with Crippen molar-refractivity contribution in [3.63, 3.8) is 0 Å². The highest BCUT2D eigenvalue weighted by Crippen LogP contribution is 2.34. The fraction of sp³-hybridized carbons (Fsp3) is 1.00. The predicted octanol–water partition coefficient (Wildman–Crippen LogP) is 1.93. The number of aliphatic hydroxyl groups excluding tert-OH is 1. The highest BCUT2D eigenvalue weighted by atomic mass is 16.3. The van der Waals surface area contributed by atoms with E-state index >= 15 is 0 Å². The van der Waals surface area contributed by atoms with E-state index in [1.54, 1.807) is 0 Å². The van der Waals surface area contributed by atoms with E-state index in [1.165, 1.54) is 25.7 Å². The molecule has 1 atom stereocenters. The van der Waals surface area contributed by atoms with Crippen molar-refractivity contribution in [2.75, 3.05) is 6.54 Å². The van der Waals surface area contributed by atoms with Crippen molar-refractivity contribution in [2.45, 2.75) is 58.6 Å². The number of rotatable bonds is 3. The van der Waals surface area contributed by atoms with E-state index < -0.39 is 0 Å². The van der Waals surface area contributed by atoms with Gasteiger partial charge in [0.1, 0.15) is 0 Å². The van der Waals surface area contributed by atoms with E-state index in [9.17, 15) is 0 Å². The summed E-state index contributed by atoms with van der Waals surface area (Å²) in [7, 11) is 0. The van der Waals surface area contributed by atoms with Gasteiger partial charge in [-0.05, 0) is 38.0 Å². The van der Waals surface area contributed by atoms with E-state index in [-0.39, 0.29) is 6.10 Å². The summed E-state index contributed by atoms with van der Waals surface area (Å²) in [6, 6.07) is 0.641. The van der Waals surface area contributed by atoms with E-state index in [1.807, 2.05) is 6.92 Å². The second-order valence-corrected chi connectivity index (χ2v) is 5.20. The fourth-order valence-electron chi connectivity index (χ4n) is 1.94. The maximum absolute atomic E-state index is 9.12. The minimum absolute atomic E-state index is 0.213. The predicted molar refractivity (Wildman–Crippen MR) is 55.7 cm³/mol. The van der Waals surface area contributed by atoms with Crippen molar-refractivity contribution in [3.05, 3.63) is 0 Å². The molecule has 78 valence electrons. The Morgan fingerprint density at radius 2 is 1.92 bits per heavy atom.